The molecule has 0 radical (unpaired) electrons. The summed E-state index contributed by atoms with van der Waals surface area (Å²) < 4.78 is 26.9. The van der Waals surface area contributed by atoms with Crippen molar-refractivity contribution in [2.75, 3.05) is 13.1 Å². The molecule has 0 aromatic heterocycles. The zero-order valence-electron chi connectivity index (χ0n) is 11.2. The molecule has 1 aliphatic heterocycles. The number of carbonyl (C=O) groups excluding carboxylic acids is 1. The summed E-state index contributed by atoms with van der Waals surface area (Å²) >= 11 is 0. The molecule has 108 valence electrons. The Kier molecular flexibility index (Phi) is 3.46. The second-order valence-electron chi connectivity index (χ2n) is 5.78. The van der Waals surface area contributed by atoms with Gasteiger partial charge in [0.05, 0.1) is 0 Å². The number of amides is 1. The molecule has 1 aromatic rings. The van der Waals surface area contributed by atoms with Crippen LogP contribution in [-0.4, -0.2) is 29.9 Å². The van der Waals surface area contributed by atoms with Crippen LogP contribution in [-0.2, 0) is 4.79 Å². The largest absolute Gasteiger partial charge is 0.341 e. The standard InChI is InChI=1S/C15H18F2N2O/c16-13-5-1-4-10(14(13)17)11-7-12(11)15(20)19-6-2-3-9(18)8-19/h1,4-5,9,11-12H,2-3,6-8,18H2. The van der Waals surface area contributed by atoms with E-state index in [1.54, 1.807) is 11.0 Å². The summed E-state index contributed by atoms with van der Waals surface area (Å²) in [6.07, 6.45) is 2.46. The zero-order chi connectivity index (χ0) is 14.3. The van der Waals surface area contributed by atoms with Crippen LogP contribution in [0, 0.1) is 17.6 Å². The highest BCUT2D eigenvalue weighted by Crippen LogP contribution is 2.49. The fourth-order valence-corrected chi connectivity index (χ4v) is 3.06. The Morgan fingerprint density at radius 3 is 2.90 bits per heavy atom. The van der Waals surface area contributed by atoms with Crippen LogP contribution < -0.4 is 5.73 Å². The van der Waals surface area contributed by atoms with Crippen LogP contribution in [0.25, 0.3) is 0 Å². The Morgan fingerprint density at radius 1 is 1.35 bits per heavy atom. The van der Waals surface area contributed by atoms with Gasteiger partial charge in [0, 0.05) is 25.0 Å². The molecule has 1 aliphatic carbocycles. The second kappa shape index (κ2) is 5.13. The van der Waals surface area contributed by atoms with E-state index in [-0.39, 0.29) is 23.8 Å². The highest BCUT2D eigenvalue weighted by atomic mass is 19.2. The van der Waals surface area contributed by atoms with Gasteiger partial charge in [-0.15, -0.1) is 0 Å². The maximum Gasteiger partial charge on any atom is 0.226 e. The normalized spacial score (nSPS) is 29.4. The summed E-state index contributed by atoms with van der Waals surface area (Å²) in [4.78, 5) is 14.1. The maximum atomic E-state index is 13.7. The van der Waals surface area contributed by atoms with E-state index in [9.17, 15) is 13.6 Å². The van der Waals surface area contributed by atoms with E-state index in [4.69, 9.17) is 5.73 Å². The minimum atomic E-state index is -0.847. The van der Waals surface area contributed by atoms with E-state index >= 15 is 0 Å². The number of nitrogens with two attached hydrogens (primary N) is 1. The van der Waals surface area contributed by atoms with Gasteiger partial charge in [0.25, 0.3) is 0 Å². The number of piperidine rings is 1. The van der Waals surface area contributed by atoms with Crippen molar-refractivity contribution in [1.82, 2.24) is 4.90 Å². The minimum Gasteiger partial charge on any atom is -0.341 e. The van der Waals surface area contributed by atoms with Crippen LogP contribution in [0.4, 0.5) is 8.78 Å². The van der Waals surface area contributed by atoms with Crippen LogP contribution in [0.3, 0.4) is 0 Å². The lowest BCUT2D eigenvalue weighted by molar-refractivity contribution is -0.133. The van der Waals surface area contributed by atoms with E-state index in [1.807, 2.05) is 0 Å². The quantitative estimate of drug-likeness (QED) is 0.901. The van der Waals surface area contributed by atoms with Crippen molar-refractivity contribution < 1.29 is 13.6 Å². The lowest BCUT2D eigenvalue weighted by atomic mass is 10.0. The number of halogens is 2. The molecule has 2 fully saturated rings. The minimum absolute atomic E-state index is 0.0359. The monoisotopic (exact) mass is 280 g/mol. The number of likely N-dealkylation sites (tertiary alicyclic amines) is 1. The molecule has 3 unspecified atom stereocenters. The molecule has 0 bridgehead atoms. The summed E-state index contributed by atoms with van der Waals surface area (Å²) in [7, 11) is 0. The highest BCUT2D eigenvalue weighted by molar-refractivity contribution is 5.83. The zero-order valence-corrected chi connectivity index (χ0v) is 11.2. The smallest absolute Gasteiger partial charge is 0.226 e. The first-order chi connectivity index (χ1) is 9.58. The SMILES string of the molecule is NC1CCCN(C(=O)C2CC2c2cccc(F)c2F)C1. The van der Waals surface area contributed by atoms with Crippen molar-refractivity contribution in [1.29, 1.82) is 0 Å². The molecule has 3 nitrogen and oxygen atoms in total. The molecule has 2 aliphatic rings. The van der Waals surface area contributed by atoms with E-state index in [1.165, 1.54) is 6.07 Å². The van der Waals surface area contributed by atoms with Crippen molar-refractivity contribution in [3.63, 3.8) is 0 Å². The van der Waals surface area contributed by atoms with Gasteiger partial charge in [0.1, 0.15) is 0 Å². The number of benzene rings is 1. The first-order valence-electron chi connectivity index (χ1n) is 7.06. The van der Waals surface area contributed by atoms with Gasteiger partial charge in [0.2, 0.25) is 5.91 Å². The molecule has 5 heteroatoms. The van der Waals surface area contributed by atoms with E-state index < -0.39 is 11.6 Å². The van der Waals surface area contributed by atoms with Gasteiger partial charge in [-0.25, -0.2) is 8.78 Å². The first kappa shape index (κ1) is 13.5. The van der Waals surface area contributed by atoms with Gasteiger partial charge >= 0.3 is 0 Å². The fraction of sp³-hybridized carbons (Fsp3) is 0.533. The van der Waals surface area contributed by atoms with Crippen molar-refractivity contribution in [2.45, 2.75) is 31.2 Å². The average Bonchev–Trinajstić information content (AvgIpc) is 3.21. The van der Waals surface area contributed by atoms with Crippen LogP contribution in [0.5, 0.6) is 0 Å². The van der Waals surface area contributed by atoms with Gasteiger partial charge in [-0.1, -0.05) is 12.1 Å². The lowest BCUT2D eigenvalue weighted by Crippen LogP contribution is -2.46. The Bertz CT molecular complexity index is 535. The summed E-state index contributed by atoms with van der Waals surface area (Å²) in [6.45, 7) is 1.30. The van der Waals surface area contributed by atoms with E-state index in [2.05, 4.69) is 0 Å². The molecule has 3 rings (SSSR count). The Balaban J connectivity index is 1.69. The van der Waals surface area contributed by atoms with Crippen LogP contribution in [0.2, 0.25) is 0 Å². The topological polar surface area (TPSA) is 46.3 Å². The van der Waals surface area contributed by atoms with Gasteiger partial charge in [-0.3, -0.25) is 4.79 Å². The Hall–Kier alpha value is -1.49. The van der Waals surface area contributed by atoms with E-state index in [0.29, 0.717) is 18.5 Å². The molecule has 20 heavy (non-hydrogen) atoms. The van der Waals surface area contributed by atoms with E-state index in [0.717, 1.165) is 25.5 Å². The lowest BCUT2D eigenvalue weighted by Gasteiger charge is -2.31. The predicted molar refractivity (Wildman–Crippen MR) is 71.0 cm³/mol. The van der Waals surface area contributed by atoms with Gasteiger partial charge in [0.15, 0.2) is 11.6 Å². The second-order valence-corrected chi connectivity index (χ2v) is 5.78. The number of rotatable bonds is 2. The third-order valence-electron chi connectivity index (χ3n) is 4.26. The van der Waals surface area contributed by atoms with Crippen molar-refractivity contribution in [3.8, 4) is 0 Å². The fourth-order valence-electron chi connectivity index (χ4n) is 3.06. The summed E-state index contributed by atoms with van der Waals surface area (Å²) in [5.74, 6) is -2.02. The number of carbonyl (C=O) groups is 1. The third-order valence-corrected chi connectivity index (χ3v) is 4.26. The molecule has 1 heterocycles. The Labute approximate surface area is 116 Å². The van der Waals surface area contributed by atoms with Crippen LogP contribution >= 0.6 is 0 Å². The average molecular weight is 280 g/mol. The molecule has 1 saturated heterocycles. The predicted octanol–water partition coefficient (Wildman–Crippen LogP) is 2.02. The van der Waals surface area contributed by atoms with Gasteiger partial charge in [-0.05, 0) is 36.8 Å². The molecule has 3 atom stereocenters. The molecule has 2 N–H and O–H groups in total. The third kappa shape index (κ3) is 2.42. The first-order valence-corrected chi connectivity index (χ1v) is 7.06. The highest BCUT2D eigenvalue weighted by Gasteiger charge is 2.47. The summed E-state index contributed by atoms with van der Waals surface area (Å²) in [5.41, 5.74) is 6.19. The van der Waals surface area contributed by atoms with Crippen molar-refractivity contribution >= 4 is 5.91 Å². The van der Waals surface area contributed by atoms with Crippen LogP contribution in [0.1, 0.15) is 30.7 Å². The van der Waals surface area contributed by atoms with Crippen molar-refractivity contribution in [2.24, 2.45) is 11.7 Å². The van der Waals surface area contributed by atoms with Gasteiger partial charge in [-0.2, -0.15) is 0 Å². The molecular weight excluding hydrogens is 262 g/mol. The Morgan fingerprint density at radius 2 is 2.15 bits per heavy atom. The molecule has 1 aromatic carbocycles. The molecule has 1 saturated carbocycles. The summed E-state index contributed by atoms with van der Waals surface area (Å²) in [5, 5.41) is 0. The number of hydrogen-bond donors (Lipinski definition) is 1. The van der Waals surface area contributed by atoms with Crippen LogP contribution in [0.15, 0.2) is 18.2 Å². The summed E-state index contributed by atoms with van der Waals surface area (Å²) in [6, 6.07) is 4.19. The van der Waals surface area contributed by atoms with Crippen molar-refractivity contribution in [3.05, 3.63) is 35.4 Å². The molecule has 1 amide bonds. The van der Waals surface area contributed by atoms with Gasteiger partial charge < -0.3 is 10.6 Å². The number of hydrogen-bond acceptors (Lipinski definition) is 2. The molecular formula is C15H18F2N2O. The number of nitrogens with zero attached hydrogens (tertiary/aromatic N) is 1. The maximum absolute atomic E-state index is 13.7. The molecule has 0 spiro atoms.